The second kappa shape index (κ2) is 6.86. The molecule has 0 saturated carbocycles. The fourth-order valence-electron chi connectivity index (χ4n) is 1.61. The van der Waals surface area contributed by atoms with E-state index >= 15 is 0 Å². The second-order valence-electron chi connectivity index (χ2n) is 4.00. The lowest BCUT2D eigenvalue weighted by atomic mass is 10.1. The lowest BCUT2D eigenvalue weighted by Crippen LogP contribution is -1.92. The average Bonchev–Trinajstić information content (AvgIpc) is 2.47. The minimum atomic E-state index is -0.000915. The van der Waals surface area contributed by atoms with E-state index in [2.05, 4.69) is 15.9 Å². The van der Waals surface area contributed by atoms with Crippen LogP contribution in [0.3, 0.4) is 0 Å². The van der Waals surface area contributed by atoms with E-state index in [-0.39, 0.29) is 5.78 Å². The molecule has 0 saturated heterocycles. The Hall–Kier alpha value is -1.93. The molecular weight excluding hydrogens is 300 g/mol. The van der Waals surface area contributed by atoms with Crippen LogP contribution in [0.25, 0.3) is 6.08 Å². The minimum Gasteiger partial charge on any atom is -0.289 e. The van der Waals surface area contributed by atoms with Gasteiger partial charge in [0.25, 0.3) is 0 Å². The smallest absolute Gasteiger partial charge is 0.185 e. The van der Waals surface area contributed by atoms with Crippen LogP contribution >= 0.6 is 15.9 Å². The van der Waals surface area contributed by atoms with Gasteiger partial charge in [0.05, 0.1) is 0 Å². The number of hydrogen-bond donors (Lipinski definition) is 0. The molecule has 2 aromatic carbocycles. The van der Waals surface area contributed by atoms with Gasteiger partial charge in [0, 0.05) is 10.0 Å². The van der Waals surface area contributed by atoms with Gasteiger partial charge in [0.1, 0.15) is 0 Å². The van der Waals surface area contributed by atoms with Crippen LogP contribution in [0.1, 0.15) is 15.9 Å². The molecule has 0 aromatic heterocycles. The zero-order chi connectivity index (χ0) is 13.5. The first-order valence-electron chi connectivity index (χ1n) is 5.95. The molecule has 0 N–H and O–H groups in total. The summed E-state index contributed by atoms with van der Waals surface area (Å²) in [7, 11) is 0. The molecule has 0 heterocycles. The predicted molar refractivity (Wildman–Crippen MR) is 83.3 cm³/mol. The number of rotatable bonds is 4. The van der Waals surface area contributed by atoms with Crippen molar-refractivity contribution in [2.75, 3.05) is 0 Å². The van der Waals surface area contributed by atoms with Crippen LogP contribution in [0.15, 0.2) is 77.3 Å². The van der Waals surface area contributed by atoms with Gasteiger partial charge in [-0.15, -0.1) is 0 Å². The zero-order valence-electron chi connectivity index (χ0n) is 10.3. The molecule has 0 aliphatic rings. The van der Waals surface area contributed by atoms with Crippen molar-refractivity contribution in [1.29, 1.82) is 0 Å². The highest BCUT2D eigenvalue weighted by Crippen LogP contribution is 2.14. The summed E-state index contributed by atoms with van der Waals surface area (Å²) in [6.45, 7) is 0. The molecule has 2 aromatic rings. The molecule has 0 aliphatic carbocycles. The SMILES string of the molecule is O=C(/C=C/C(Br)=C/c1ccccc1)c1ccccc1. The molecule has 0 atom stereocenters. The van der Waals surface area contributed by atoms with Crippen molar-refractivity contribution in [3.05, 3.63) is 88.4 Å². The Morgan fingerprint density at radius 1 is 0.842 bits per heavy atom. The number of benzene rings is 2. The van der Waals surface area contributed by atoms with Gasteiger partial charge in [-0.25, -0.2) is 0 Å². The van der Waals surface area contributed by atoms with Crippen LogP contribution in [0.2, 0.25) is 0 Å². The van der Waals surface area contributed by atoms with Crippen LogP contribution in [-0.4, -0.2) is 5.78 Å². The summed E-state index contributed by atoms with van der Waals surface area (Å²) < 4.78 is 0.864. The van der Waals surface area contributed by atoms with Crippen molar-refractivity contribution < 1.29 is 4.79 Å². The fourth-order valence-corrected chi connectivity index (χ4v) is 2.01. The topological polar surface area (TPSA) is 17.1 Å². The molecule has 0 bridgehead atoms. The summed E-state index contributed by atoms with van der Waals surface area (Å²) in [5.74, 6) is -0.000915. The molecule has 1 nitrogen and oxygen atoms in total. The van der Waals surface area contributed by atoms with E-state index in [9.17, 15) is 4.79 Å². The molecule has 19 heavy (non-hydrogen) atoms. The van der Waals surface area contributed by atoms with Crippen LogP contribution in [0.4, 0.5) is 0 Å². The van der Waals surface area contributed by atoms with Gasteiger partial charge in [-0.05, 0) is 23.8 Å². The van der Waals surface area contributed by atoms with Crippen molar-refractivity contribution in [3.8, 4) is 0 Å². The maximum Gasteiger partial charge on any atom is 0.185 e. The number of hydrogen-bond acceptors (Lipinski definition) is 1. The average molecular weight is 313 g/mol. The van der Waals surface area contributed by atoms with Crippen LogP contribution in [0.5, 0.6) is 0 Å². The maximum absolute atomic E-state index is 11.9. The molecule has 2 heteroatoms. The third-order valence-corrected chi connectivity index (χ3v) is 3.05. The Morgan fingerprint density at radius 3 is 2.05 bits per heavy atom. The third kappa shape index (κ3) is 4.34. The third-order valence-electron chi connectivity index (χ3n) is 2.56. The van der Waals surface area contributed by atoms with Crippen molar-refractivity contribution in [3.63, 3.8) is 0 Å². The highest BCUT2D eigenvalue weighted by Gasteiger charge is 1.99. The van der Waals surface area contributed by atoms with E-state index < -0.39 is 0 Å². The Balaban J connectivity index is 2.07. The predicted octanol–water partition coefficient (Wildman–Crippen LogP) is 4.86. The molecule has 0 spiro atoms. The molecule has 2 rings (SSSR count). The Bertz CT molecular complexity index is 598. The Morgan fingerprint density at radius 2 is 1.42 bits per heavy atom. The van der Waals surface area contributed by atoms with E-state index in [0.717, 1.165) is 10.0 Å². The summed E-state index contributed by atoms with van der Waals surface area (Å²) in [4.78, 5) is 11.9. The van der Waals surface area contributed by atoms with Crippen LogP contribution in [-0.2, 0) is 0 Å². The van der Waals surface area contributed by atoms with E-state index in [1.807, 2.05) is 66.7 Å². The molecule has 0 amide bonds. The normalized spacial score (nSPS) is 11.7. The molecule has 94 valence electrons. The van der Waals surface area contributed by atoms with E-state index in [0.29, 0.717) is 5.56 Å². The number of ketones is 1. The highest BCUT2D eigenvalue weighted by atomic mass is 79.9. The summed E-state index contributed by atoms with van der Waals surface area (Å²) >= 11 is 3.44. The summed E-state index contributed by atoms with van der Waals surface area (Å²) in [6, 6.07) is 19.2. The van der Waals surface area contributed by atoms with Crippen LogP contribution < -0.4 is 0 Å². The minimum absolute atomic E-state index is 0.000915. The second-order valence-corrected chi connectivity index (χ2v) is 4.92. The number of halogens is 1. The number of carbonyl (C=O) groups is 1. The Labute approximate surface area is 121 Å². The van der Waals surface area contributed by atoms with Crippen LogP contribution in [0, 0.1) is 0 Å². The standard InChI is InChI=1S/C17H13BrO/c18-16(13-14-7-3-1-4-8-14)11-12-17(19)15-9-5-2-6-10-15/h1-13H/b12-11+,16-13-. The van der Waals surface area contributed by atoms with Gasteiger partial charge >= 0.3 is 0 Å². The summed E-state index contributed by atoms with van der Waals surface area (Å²) in [6.07, 6.45) is 5.30. The van der Waals surface area contributed by atoms with Gasteiger partial charge in [-0.1, -0.05) is 76.6 Å². The lowest BCUT2D eigenvalue weighted by molar-refractivity contribution is 0.104. The van der Waals surface area contributed by atoms with E-state index in [4.69, 9.17) is 0 Å². The number of allylic oxidation sites excluding steroid dienone is 3. The van der Waals surface area contributed by atoms with Crippen molar-refractivity contribution >= 4 is 27.8 Å². The van der Waals surface area contributed by atoms with Gasteiger partial charge < -0.3 is 0 Å². The highest BCUT2D eigenvalue weighted by molar-refractivity contribution is 9.12. The van der Waals surface area contributed by atoms with Gasteiger partial charge in [-0.2, -0.15) is 0 Å². The maximum atomic E-state index is 11.9. The van der Waals surface area contributed by atoms with Crippen molar-refractivity contribution in [1.82, 2.24) is 0 Å². The molecule has 0 fully saturated rings. The summed E-state index contributed by atoms with van der Waals surface area (Å²) in [5.41, 5.74) is 1.78. The summed E-state index contributed by atoms with van der Waals surface area (Å²) in [5, 5.41) is 0. The quantitative estimate of drug-likeness (QED) is 0.447. The lowest BCUT2D eigenvalue weighted by Gasteiger charge is -1.95. The zero-order valence-corrected chi connectivity index (χ0v) is 11.9. The molecular formula is C17H13BrO. The number of carbonyl (C=O) groups excluding carboxylic acids is 1. The monoisotopic (exact) mass is 312 g/mol. The van der Waals surface area contributed by atoms with Gasteiger partial charge in [-0.3, -0.25) is 4.79 Å². The largest absolute Gasteiger partial charge is 0.289 e. The van der Waals surface area contributed by atoms with E-state index in [1.54, 1.807) is 12.2 Å². The first kappa shape index (κ1) is 13.5. The molecule has 0 aliphatic heterocycles. The molecule has 0 unspecified atom stereocenters. The van der Waals surface area contributed by atoms with Gasteiger partial charge in [0.2, 0.25) is 0 Å². The fraction of sp³-hybridized carbons (Fsp3) is 0. The van der Waals surface area contributed by atoms with Crippen molar-refractivity contribution in [2.24, 2.45) is 0 Å². The Kier molecular flexibility index (Phi) is 4.87. The van der Waals surface area contributed by atoms with Crippen molar-refractivity contribution in [2.45, 2.75) is 0 Å². The first-order chi connectivity index (χ1) is 9.25. The first-order valence-corrected chi connectivity index (χ1v) is 6.75. The van der Waals surface area contributed by atoms with Gasteiger partial charge in [0.15, 0.2) is 5.78 Å². The van der Waals surface area contributed by atoms with E-state index in [1.165, 1.54) is 0 Å². The molecule has 0 radical (unpaired) electrons.